The molecule has 0 radical (unpaired) electrons. The summed E-state index contributed by atoms with van der Waals surface area (Å²) in [5.74, 6) is -0.598. The number of fused-ring (bicyclic) bond motifs is 1. The molecule has 0 bridgehead atoms. The number of pyridine rings is 1. The van der Waals surface area contributed by atoms with Crippen molar-refractivity contribution >= 4 is 32.6 Å². The van der Waals surface area contributed by atoms with Crippen LogP contribution in [-0.2, 0) is 13.6 Å². The molecule has 3 aromatic heterocycles. The predicted molar refractivity (Wildman–Crippen MR) is 102 cm³/mol. The van der Waals surface area contributed by atoms with Gasteiger partial charge in [-0.15, -0.1) is 0 Å². The van der Waals surface area contributed by atoms with E-state index in [0.29, 0.717) is 21.0 Å². The summed E-state index contributed by atoms with van der Waals surface area (Å²) >= 11 is 1.27. The lowest BCUT2D eigenvalue weighted by Crippen LogP contribution is -2.31. The van der Waals surface area contributed by atoms with E-state index in [-0.39, 0.29) is 18.3 Å². The average Bonchev–Trinajstić information content (AvgIpc) is 3.22. The summed E-state index contributed by atoms with van der Waals surface area (Å²) in [6, 6.07) is 9.92. The summed E-state index contributed by atoms with van der Waals surface area (Å²) in [6.07, 6.45) is 3.47. The van der Waals surface area contributed by atoms with Crippen LogP contribution in [0.3, 0.4) is 0 Å². The molecule has 0 saturated heterocycles. The molecule has 1 amide bonds. The number of benzene rings is 1. The first-order valence-corrected chi connectivity index (χ1v) is 9.11. The van der Waals surface area contributed by atoms with Gasteiger partial charge in [0.2, 0.25) is 0 Å². The maximum Gasteiger partial charge on any atom is 0.281 e. The fraction of sp³-hybridized carbons (Fsp3) is 0.158. The number of hydrogen-bond donors (Lipinski definition) is 0. The number of hydrogen-bond acceptors (Lipinski definition) is 5. The topological polar surface area (TPSA) is 63.9 Å². The van der Waals surface area contributed by atoms with Crippen LogP contribution in [-0.4, -0.2) is 25.7 Å². The van der Waals surface area contributed by atoms with Crippen LogP contribution < -0.4 is 4.90 Å². The zero-order chi connectivity index (χ0) is 19.0. The van der Waals surface area contributed by atoms with E-state index in [2.05, 4.69) is 15.1 Å². The highest BCUT2D eigenvalue weighted by atomic mass is 32.1. The van der Waals surface area contributed by atoms with Crippen molar-refractivity contribution in [2.75, 3.05) is 4.90 Å². The van der Waals surface area contributed by atoms with Crippen LogP contribution in [0.15, 0.2) is 48.8 Å². The van der Waals surface area contributed by atoms with Crippen molar-refractivity contribution in [3.63, 3.8) is 0 Å². The molecule has 136 valence electrons. The highest BCUT2D eigenvalue weighted by Crippen LogP contribution is 2.31. The molecule has 1 aromatic carbocycles. The van der Waals surface area contributed by atoms with Gasteiger partial charge >= 0.3 is 0 Å². The molecule has 27 heavy (non-hydrogen) atoms. The minimum Gasteiger partial charge on any atom is -0.276 e. The number of halogens is 1. The van der Waals surface area contributed by atoms with E-state index < -0.39 is 0 Å². The van der Waals surface area contributed by atoms with Gasteiger partial charge in [0.25, 0.3) is 5.91 Å². The predicted octanol–water partition coefficient (Wildman–Crippen LogP) is 3.72. The fourth-order valence-electron chi connectivity index (χ4n) is 2.83. The Kier molecular flexibility index (Phi) is 4.41. The number of carbonyl (C=O) groups is 1. The maximum absolute atomic E-state index is 13.5. The van der Waals surface area contributed by atoms with Gasteiger partial charge < -0.3 is 0 Å². The number of amides is 1. The molecule has 8 heteroatoms. The lowest BCUT2D eigenvalue weighted by molar-refractivity contribution is 0.0978. The molecule has 0 atom stereocenters. The van der Waals surface area contributed by atoms with Crippen LogP contribution in [0.5, 0.6) is 0 Å². The van der Waals surface area contributed by atoms with E-state index in [1.807, 2.05) is 25.1 Å². The Balaban J connectivity index is 1.79. The Labute approximate surface area is 158 Å². The molecule has 3 heterocycles. The van der Waals surface area contributed by atoms with Gasteiger partial charge in [-0.2, -0.15) is 5.10 Å². The van der Waals surface area contributed by atoms with Crippen LogP contribution in [0.1, 0.15) is 21.7 Å². The van der Waals surface area contributed by atoms with Crippen molar-refractivity contribution < 1.29 is 9.18 Å². The Morgan fingerprint density at radius 3 is 2.85 bits per heavy atom. The molecule has 0 unspecified atom stereocenters. The third-order valence-corrected chi connectivity index (χ3v) is 5.12. The number of thiazole rings is 1. The van der Waals surface area contributed by atoms with Gasteiger partial charge in [0.05, 0.1) is 22.5 Å². The summed E-state index contributed by atoms with van der Waals surface area (Å²) < 4.78 is 15.8. The zero-order valence-corrected chi connectivity index (χ0v) is 15.6. The number of anilines is 1. The van der Waals surface area contributed by atoms with E-state index >= 15 is 0 Å². The standard InChI is InChI=1S/C19H16FN5OS/c1-12-10-24(2)23-17(12)18(26)25(11-14-5-3-4-8-21-14)19-22-15-7-6-13(20)9-16(15)27-19/h3-10H,11H2,1-2H3. The molecule has 0 N–H and O–H groups in total. The third kappa shape index (κ3) is 3.43. The monoisotopic (exact) mass is 381 g/mol. The second-order valence-corrected chi connectivity index (χ2v) is 7.16. The molecule has 0 aliphatic heterocycles. The van der Waals surface area contributed by atoms with Gasteiger partial charge in [0.15, 0.2) is 10.8 Å². The Morgan fingerprint density at radius 1 is 1.30 bits per heavy atom. The van der Waals surface area contributed by atoms with Crippen molar-refractivity contribution in [1.29, 1.82) is 0 Å². The van der Waals surface area contributed by atoms with Crippen molar-refractivity contribution in [3.05, 3.63) is 71.6 Å². The fourth-order valence-corrected chi connectivity index (χ4v) is 3.82. The van der Waals surface area contributed by atoms with Gasteiger partial charge in [0, 0.05) is 25.0 Å². The lowest BCUT2D eigenvalue weighted by atomic mass is 10.2. The second kappa shape index (κ2) is 6.88. The highest BCUT2D eigenvalue weighted by molar-refractivity contribution is 7.22. The minimum absolute atomic E-state index is 0.248. The molecule has 0 fully saturated rings. The molecule has 0 aliphatic carbocycles. The average molecular weight is 381 g/mol. The number of carbonyl (C=O) groups excluding carboxylic acids is 1. The number of nitrogens with zero attached hydrogens (tertiary/aromatic N) is 5. The second-order valence-electron chi connectivity index (χ2n) is 6.16. The largest absolute Gasteiger partial charge is 0.281 e. The molecule has 6 nitrogen and oxygen atoms in total. The first-order valence-electron chi connectivity index (χ1n) is 8.29. The summed E-state index contributed by atoms with van der Waals surface area (Å²) in [5, 5.41) is 4.77. The number of rotatable bonds is 4. The molecular weight excluding hydrogens is 365 g/mol. The van der Waals surface area contributed by atoms with E-state index in [4.69, 9.17) is 0 Å². The van der Waals surface area contributed by atoms with E-state index in [0.717, 1.165) is 11.3 Å². The zero-order valence-electron chi connectivity index (χ0n) is 14.8. The van der Waals surface area contributed by atoms with Crippen LogP contribution in [0.2, 0.25) is 0 Å². The molecule has 4 aromatic rings. The summed E-state index contributed by atoms with van der Waals surface area (Å²) in [5.41, 5.74) is 2.51. The molecule has 0 saturated carbocycles. The van der Waals surface area contributed by atoms with Gasteiger partial charge in [-0.25, -0.2) is 9.37 Å². The maximum atomic E-state index is 13.5. The summed E-state index contributed by atoms with van der Waals surface area (Å²) in [7, 11) is 1.77. The Bertz CT molecular complexity index is 1120. The minimum atomic E-state index is -0.333. The van der Waals surface area contributed by atoms with Crippen molar-refractivity contribution in [2.24, 2.45) is 7.05 Å². The summed E-state index contributed by atoms with van der Waals surface area (Å²) in [4.78, 5) is 23.6. The Hall–Kier alpha value is -3.13. The van der Waals surface area contributed by atoms with Crippen LogP contribution in [0, 0.1) is 12.7 Å². The van der Waals surface area contributed by atoms with Crippen LogP contribution in [0.4, 0.5) is 9.52 Å². The first kappa shape index (κ1) is 17.3. The van der Waals surface area contributed by atoms with Crippen molar-refractivity contribution in [2.45, 2.75) is 13.5 Å². The molecular formula is C19H16FN5OS. The van der Waals surface area contributed by atoms with E-state index in [1.165, 1.54) is 23.5 Å². The molecule has 0 spiro atoms. The van der Waals surface area contributed by atoms with Gasteiger partial charge in [-0.1, -0.05) is 17.4 Å². The lowest BCUT2D eigenvalue weighted by Gasteiger charge is -2.18. The first-order chi connectivity index (χ1) is 13.0. The quantitative estimate of drug-likeness (QED) is 0.540. The molecule has 0 aliphatic rings. The smallest absolute Gasteiger partial charge is 0.276 e. The van der Waals surface area contributed by atoms with Gasteiger partial charge in [-0.3, -0.25) is 19.4 Å². The van der Waals surface area contributed by atoms with E-state index in [9.17, 15) is 9.18 Å². The number of aromatic nitrogens is 4. The van der Waals surface area contributed by atoms with E-state index in [1.54, 1.807) is 35.1 Å². The summed E-state index contributed by atoms with van der Waals surface area (Å²) in [6.45, 7) is 2.09. The van der Waals surface area contributed by atoms with Crippen molar-refractivity contribution in [1.82, 2.24) is 19.7 Å². The van der Waals surface area contributed by atoms with Gasteiger partial charge in [0.1, 0.15) is 5.82 Å². The molecule has 4 rings (SSSR count). The van der Waals surface area contributed by atoms with Gasteiger partial charge in [-0.05, 0) is 37.3 Å². The van der Waals surface area contributed by atoms with Crippen LogP contribution >= 0.6 is 11.3 Å². The highest BCUT2D eigenvalue weighted by Gasteiger charge is 2.25. The van der Waals surface area contributed by atoms with Crippen molar-refractivity contribution in [3.8, 4) is 0 Å². The Morgan fingerprint density at radius 2 is 2.15 bits per heavy atom. The normalized spacial score (nSPS) is 11.1. The SMILES string of the molecule is Cc1cn(C)nc1C(=O)N(Cc1ccccn1)c1nc2ccc(F)cc2s1. The number of aryl methyl sites for hydroxylation is 2. The third-order valence-electron chi connectivity index (χ3n) is 4.08. The van der Waals surface area contributed by atoms with Crippen LogP contribution in [0.25, 0.3) is 10.2 Å².